The summed E-state index contributed by atoms with van der Waals surface area (Å²) in [5, 5.41) is 9.48. The monoisotopic (exact) mass is 426 g/mol. The first-order valence-corrected chi connectivity index (χ1v) is 10.1. The van der Waals surface area contributed by atoms with Gasteiger partial charge in [-0.3, -0.25) is 0 Å². The highest BCUT2D eigenvalue weighted by Gasteiger charge is 2.35. The molecule has 2 aromatic heterocycles. The number of anilines is 3. The maximum atomic E-state index is 13.0. The SMILES string of the molecule is CNc1nc(Nc2cnn(-c3ccc(S(C)(=O)=O)cc3)c2C)ncc1C(F)(F)F. The third-order valence-corrected chi connectivity index (χ3v) is 5.23. The molecular weight excluding hydrogens is 409 g/mol. The van der Waals surface area contributed by atoms with Gasteiger partial charge in [0.05, 0.1) is 28.2 Å². The highest BCUT2D eigenvalue weighted by Crippen LogP contribution is 2.34. The van der Waals surface area contributed by atoms with Crippen LogP contribution in [0.4, 0.5) is 30.6 Å². The van der Waals surface area contributed by atoms with E-state index in [9.17, 15) is 21.6 Å². The predicted molar refractivity (Wildman–Crippen MR) is 101 cm³/mol. The molecule has 2 heterocycles. The van der Waals surface area contributed by atoms with Crippen LogP contribution in [0.5, 0.6) is 0 Å². The second kappa shape index (κ2) is 7.35. The van der Waals surface area contributed by atoms with Crippen molar-refractivity contribution in [2.75, 3.05) is 23.9 Å². The molecule has 0 amide bonds. The van der Waals surface area contributed by atoms with Gasteiger partial charge in [0, 0.05) is 19.5 Å². The van der Waals surface area contributed by atoms with Crippen LogP contribution in [0, 0.1) is 6.92 Å². The van der Waals surface area contributed by atoms with Gasteiger partial charge in [0.15, 0.2) is 9.84 Å². The molecule has 0 saturated carbocycles. The van der Waals surface area contributed by atoms with Gasteiger partial charge in [-0.2, -0.15) is 23.3 Å². The Morgan fingerprint density at radius 3 is 2.31 bits per heavy atom. The average molecular weight is 426 g/mol. The van der Waals surface area contributed by atoms with Crippen molar-refractivity contribution < 1.29 is 21.6 Å². The summed E-state index contributed by atoms with van der Waals surface area (Å²) in [6.07, 6.45) is -1.28. The first-order valence-electron chi connectivity index (χ1n) is 8.25. The van der Waals surface area contributed by atoms with Crippen LogP contribution in [0.3, 0.4) is 0 Å². The van der Waals surface area contributed by atoms with E-state index in [1.807, 2.05) is 0 Å². The molecule has 0 saturated heterocycles. The lowest BCUT2D eigenvalue weighted by Gasteiger charge is -2.12. The van der Waals surface area contributed by atoms with Gasteiger partial charge < -0.3 is 10.6 Å². The van der Waals surface area contributed by atoms with Gasteiger partial charge >= 0.3 is 6.18 Å². The molecule has 0 spiro atoms. The third kappa shape index (κ3) is 4.31. The molecule has 154 valence electrons. The number of alkyl halides is 3. The van der Waals surface area contributed by atoms with Gasteiger partial charge in [-0.05, 0) is 31.2 Å². The maximum absolute atomic E-state index is 13.0. The fraction of sp³-hybridized carbons (Fsp3) is 0.235. The minimum atomic E-state index is -4.57. The number of nitrogens with zero attached hydrogens (tertiary/aromatic N) is 4. The molecule has 29 heavy (non-hydrogen) atoms. The van der Waals surface area contributed by atoms with E-state index in [1.165, 1.54) is 25.4 Å². The number of rotatable bonds is 5. The standard InChI is InChI=1S/C17H17F3N6O2S/c1-10-14(24-16-22-8-13(17(18,19)20)15(21-2)25-16)9-23-26(10)11-4-6-12(7-5-11)29(3,27)28/h4-9H,1-3H3,(H2,21,22,24,25). The maximum Gasteiger partial charge on any atom is 0.421 e. The van der Waals surface area contributed by atoms with E-state index >= 15 is 0 Å². The predicted octanol–water partition coefficient (Wildman–Crippen LogP) is 3.18. The van der Waals surface area contributed by atoms with Gasteiger partial charge in [0.1, 0.15) is 11.4 Å². The third-order valence-electron chi connectivity index (χ3n) is 4.10. The molecule has 2 N–H and O–H groups in total. The summed E-state index contributed by atoms with van der Waals surface area (Å²) in [5.41, 5.74) is 0.766. The van der Waals surface area contributed by atoms with Crippen LogP contribution in [0.2, 0.25) is 0 Å². The first kappa shape index (κ1) is 20.6. The zero-order valence-electron chi connectivity index (χ0n) is 15.6. The van der Waals surface area contributed by atoms with Crippen molar-refractivity contribution in [3.63, 3.8) is 0 Å². The highest BCUT2D eigenvalue weighted by atomic mass is 32.2. The topological polar surface area (TPSA) is 102 Å². The molecule has 0 radical (unpaired) electrons. The average Bonchev–Trinajstić information content (AvgIpc) is 3.00. The molecule has 0 bridgehead atoms. The number of aromatic nitrogens is 4. The lowest BCUT2D eigenvalue weighted by atomic mass is 10.3. The fourth-order valence-corrected chi connectivity index (χ4v) is 3.22. The normalized spacial score (nSPS) is 12.1. The van der Waals surface area contributed by atoms with Gasteiger partial charge in [-0.25, -0.2) is 18.1 Å². The summed E-state index contributed by atoms with van der Waals surface area (Å²) in [6, 6.07) is 6.15. The molecule has 12 heteroatoms. The van der Waals surface area contributed by atoms with Crippen molar-refractivity contribution in [3.8, 4) is 5.69 Å². The molecule has 3 aromatic rings. The Morgan fingerprint density at radius 2 is 1.76 bits per heavy atom. The van der Waals surface area contributed by atoms with Crippen molar-refractivity contribution in [1.29, 1.82) is 0 Å². The quantitative estimate of drug-likeness (QED) is 0.646. The minimum absolute atomic E-state index is 0.0302. The summed E-state index contributed by atoms with van der Waals surface area (Å²) in [4.78, 5) is 7.77. The largest absolute Gasteiger partial charge is 0.421 e. The fourth-order valence-electron chi connectivity index (χ4n) is 2.59. The van der Waals surface area contributed by atoms with Crippen LogP contribution >= 0.6 is 0 Å². The van der Waals surface area contributed by atoms with Crippen molar-refractivity contribution in [2.45, 2.75) is 18.0 Å². The minimum Gasteiger partial charge on any atom is -0.372 e. The van der Waals surface area contributed by atoms with Crippen LogP contribution in [0.25, 0.3) is 5.69 Å². The van der Waals surface area contributed by atoms with Gasteiger partial charge in [-0.1, -0.05) is 0 Å². The number of nitrogens with one attached hydrogen (secondary N) is 2. The zero-order valence-corrected chi connectivity index (χ0v) is 16.4. The van der Waals surface area contributed by atoms with Crippen LogP contribution in [-0.4, -0.2) is 41.5 Å². The van der Waals surface area contributed by atoms with Crippen molar-refractivity contribution >= 4 is 27.3 Å². The summed E-state index contributed by atoms with van der Waals surface area (Å²) in [6.45, 7) is 1.74. The molecule has 0 aliphatic carbocycles. The first-order chi connectivity index (χ1) is 13.5. The number of benzene rings is 1. The Morgan fingerprint density at radius 1 is 1.10 bits per heavy atom. The Labute approximate surface area is 164 Å². The van der Waals surface area contributed by atoms with Crippen molar-refractivity contribution in [2.24, 2.45) is 0 Å². The highest BCUT2D eigenvalue weighted by molar-refractivity contribution is 7.90. The number of hydrogen-bond donors (Lipinski definition) is 2. The second-order valence-corrected chi connectivity index (χ2v) is 8.17. The van der Waals surface area contributed by atoms with Crippen molar-refractivity contribution in [1.82, 2.24) is 19.7 Å². The molecule has 0 atom stereocenters. The van der Waals surface area contributed by atoms with Crippen LogP contribution in [0.1, 0.15) is 11.3 Å². The van der Waals surface area contributed by atoms with E-state index in [-0.39, 0.29) is 16.7 Å². The van der Waals surface area contributed by atoms with E-state index < -0.39 is 21.6 Å². The Kier molecular flexibility index (Phi) is 5.22. The van der Waals surface area contributed by atoms with E-state index in [1.54, 1.807) is 23.7 Å². The Bertz CT molecular complexity index is 1140. The number of halogens is 3. The molecular formula is C17H17F3N6O2S. The Hall–Kier alpha value is -3.15. The smallest absolute Gasteiger partial charge is 0.372 e. The lowest BCUT2D eigenvalue weighted by Crippen LogP contribution is -2.12. The van der Waals surface area contributed by atoms with Crippen LogP contribution in [-0.2, 0) is 16.0 Å². The van der Waals surface area contributed by atoms with E-state index in [0.717, 1.165) is 6.26 Å². The van der Waals surface area contributed by atoms with E-state index in [0.29, 0.717) is 23.3 Å². The second-order valence-electron chi connectivity index (χ2n) is 6.15. The zero-order chi connectivity index (χ0) is 21.4. The molecule has 8 nitrogen and oxygen atoms in total. The molecule has 3 rings (SSSR count). The van der Waals surface area contributed by atoms with Crippen LogP contribution < -0.4 is 10.6 Å². The van der Waals surface area contributed by atoms with Gasteiger partial charge in [0.25, 0.3) is 0 Å². The lowest BCUT2D eigenvalue weighted by molar-refractivity contribution is -0.137. The van der Waals surface area contributed by atoms with E-state index in [4.69, 9.17) is 0 Å². The number of hydrogen-bond acceptors (Lipinski definition) is 7. The molecule has 0 fully saturated rings. The number of sulfone groups is 1. The van der Waals surface area contributed by atoms with Gasteiger partial charge in [-0.15, -0.1) is 0 Å². The molecule has 0 aliphatic rings. The Balaban J connectivity index is 1.89. The summed E-state index contributed by atoms with van der Waals surface area (Å²) in [5.74, 6) is -0.381. The molecule has 1 aromatic carbocycles. The summed E-state index contributed by atoms with van der Waals surface area (Å²) in [7, 11) is -1.97. The summed E-state index contributed by atoms with van der Waals surface area (Å²) < 4.78 is 63.6. The molecule has 0 aliphatic heterocycles. The van der Waals surface area contributed by atoms with Crippen molar-refractivity contribution in [3.05, 3.63) is 47.9 Å². The molecule has 0 unspecified atom stereocenters. The van der Waals surface area contributed by atoms with Gasteiger partial charge in [0.2, 0.25) is 5.95 Å². The summed E-state index contributed by atoms with van der Waals surface area (Å²) >= 11 is 0. The van der Waals surface area contributed by atoms with E-state index in [2.05, 4.69) is 25.7 Å². The van der Waals surface area contributed by atoms with Crippen LogP contribution in [0.15, 0.2) is 41.6 Å².